The van der Waals surface area contributed by atoms with Crippen LogP contribution in [-0.2, 0) is 24.1 Å². The number of hydrogen-bond acceptors (Lipinski definition) is 6. The Morgan fingerprint density at radius 3 is 2.33 bits per heavy atom. The first-order valence-corrected chi connectivity index (χ1v) is 12.0. The van der Waals surface area contributed by atoms with Gasteiger partial charge < -0.3 is 0 Å². The van der Waals surface area contributed by atoms with Gasteiger partial charge in [-0.15, -0.1) is 0 Å². The molecular formula is C22H17AsClF6N5O4. The molecule has 1 amide bonds. The number of benzene rings is 2. The second-order valence-electron chi connectivity index (χ2n) is 8.02. The predicted molar refractivity (Wildman–Crippen MR) is 126 cm³/mol. The van der Waals surface area contributed by atoms with Crippen molar-refractivity contribution in [2.75, 3.05) is 0 Å². The molecule has 0 aliphatic heterocycles. The Kier molecular flexibility index (Phi) is 9.19. The molecule has 3 rings (SSSR count). The van der Waals surface area contributed by atoms with E-state index in [2.05, 4.69) is 15.6 Å². The SMILES string of the molecule is O=C(Cn1nc(-c2ccc(Cl)cc2)n(C[C@H](O)C(F)(F)F)c1=O)NC(C([As])=NO)c1cccc(C(F)(F)F)c1. The van der Waals surface area contributed by atoms with Crippen LogP contribution in [0.2, 0.25) is 5.02 Å². The Bertz CT molecular complexity index is 1420. The summed E-state index contributed by atoms with van der Waals surface area (Å²) < 4.78 is 79.3. The molecule has 3 aromatic rings. The summed E-state index contributed by atoms with van der Waals surface area (Å²) in [6, 6.07) is 7.91. The first-order chi connectivity index (χ1) is 18.1. The van der Waals surface area contributed by atoms with Crippen LogP contribution >= 0.6 is 11.6 Å². The first kappa shape index (κ1) is 30.3. The maximum atomic E-state index is 13.2. The zero-order chi connectivity index (χ0) is 29.1. The molecule has 0 saturated heterocycles. The van der Waals surface area contributed by atoms with E-state index >= 15 is 0 Å². The molecule has 9 nitrogen and oxygen atoms in total. The van der Waals surface area contributed by atoms with Gasteiger partial charge in [-0.3, -0.25) is 0 Å². The van der Waals surface area contributed by atoms with Crippen molar-refractivity contribution in [2.45, 2.75) is 37.6 Å². The average Bonchev–Trinajstić information content (AvgIpc) is 3.16. The molecule has 0 fully saturated rings. The number of amides is 1. The number of aromatic nitrogens is 3. The third-order valence-electron chi connectivity index (χ3n) is 5.27. The number of carbonyl (C=O) groups is 1. The predicted octanol–water partition coefficient (Wildman–Crippen LogP) is 3.12. The number of nitrogens with zero attached hydrogens (tertiary/aromatic N) is 4. The van der Waals surface area contributed by atoms with E-state index in [1.54, 1.807) is 16.9 Å². The van der Waals surface area contributed by atoms with Crippen molar-refractivity contribution in [2.24, 2.45) is 5.16 Å². The first-order valence-electron chi connectivity index (χ1n) is 10.7. The van der Waals surface area contributed by atoms with E-state index in [1.165, 1.54) is 30.3 Å². The number of alkyl halides is 6. The maximum absolute atomic E-state index is 13.2. The molecule has 208 valence electrons. The number of halogens is 7. The van der Waals surface area contributed by atoms with E-state index in [0.717, 1.165) is 18.2 Å². The fourth-order valence-corrected chi connectivity index (χ4v) is 3.96. The zero-order valence-corrected chi connectivity index (χ0v) is 21.9. The van der Waals surface area contributed by atoms with Gasteiger partial charge in [0, 0.05) is 0 Å². The van der Waals surface area contributed by atoms with Crippen molar-refractivity contribution >= 4 is 38.9 Å². The summed E-state index contributed by atoms with van der Waals surface area (Å²) in [4.78, 5) is 25.7. The van der Waals surface area contributed by atoms with Crippen molar-refractivity contribution in [1.82, 2.24) is 19.7 Å². The molecule has 2 atom stereocenters. The minimum absolute atomic E-state index is 0.111. The van der Waals surface area contributed by atoms with E-state index in [9.17, 15) is 46.2 Å². The summed E-state index contributed by atoms with van der Waals surface area (Å²) in [6.45, 7) is -2.11. The van der Waals surface area contributed by atoms with Crippen LogP contribution in [-0.4, -0.2) is 64.2 Å². The van der Waals surface area contributed by atoms with Crippen molar-refractivity contribution in [1.29, 1.82) is 0 Å². The molecular weight excluding hydrogens is 623 g/mol. The Morgan fingerprint density at radius 2 is 1.77 bits per heavy atom. The minimum atomic E-state index is -5.06. The van der Waals surface area contributed by atoms with Gasteiger partial charge in [-0.2, -0.15) is 0 Å². The Morgan fingerprint density at radius 1 is 1.13 bits per heavy atom. The van der Waals surface area contributed by atoms with Crippen molar-refractivity contribution in [3.63, 3.8) is 0 Å². The van der Waals surface area contributed by atoms with E-state index in [0.29, 0.717) is 9.25 Å². The number of carbonyl (C=O) groups excluding carboxylic acids is 1. The molecule has 1 heterocycles. The average molecular weight is 640 g/mol. The van der Waals surface area contributed by atoms with Gasteiger partial charge in [0.15, 0.2) is 0 Å². The molecule has 1 unspecified atom stereocenters. The van der Waals surface area contributed by atoms with Crippen LogP contribution < -0.4 is 11.0 Å². The molecule has 3 N–H and O–H groups in total. The van der Waals surface area contributed by atoms with Gasteiger partial charge in [0.1, 0.15) is 0 Å². The molecule has 0 bridgehead atoms. The third kappa shape index (κ3) is 7.43. The summed E-state index contributed by atoms with van der Waals surface area (Å²) >= 11 is 7.60. The van der Waals surface area contributed by atoms with E-state index < -0.39 is 54.7 Å². The summed E-state index contributed by atoms with van der Waals surface area (Å²) in [7, 11) is 0. The fraction of sp³-hybridized carbons (Fsp3) is 0.273. The van der Waals surface area contributed by atoms with Gasteiger partial charge >= 0.3 is 218 Å². The number of nitrogens with one attached hydrogen (secondary N) is 1. The van der Waals surface area contributed by atoms with Crippen LogP contribution in [0.15, 0.2) is 58.5 Å². The summed E-state index contributed by atoms with van der Waals surface area (Å²) in [6.07, 6.45) is -12.7. The molecule has 1 aromatic heterocycles. The zero-order valence-electron chi connectivity index (χ0n) is 19.3. The Balaban J connectivity index is 1.96. The molecule has 0 aliphatic carbocycles. The summed E-state index contributed by atoms with van der Waals surface area (Å²) in [5, 5.41) is 28.2. The van der Waals surface area contributed by atoms with Crippen molar-refractivity contribution < 1.29 is 41.5 Å². The van der Waals surface area contributed by atoms with E-state index in [1.807, 2.05) is 0 Å². The number of aliphatic hydroxyl groups excluding tert-OH is 1. The third-order valence-corrected chi connectivity index (χ3v) is 6.25. The molecule has 2 aromatic carbocycles. The molecule has 17 heteroatoms. The second-order valence-corrected chi connectivity index (χ2v) is 9.42. The van der Waals surface area contributed by atoms with Crippen LogP contribution in [0.5, 0.6) is 0 Å². The Hall–Kier alpha value is -3.29. The normalized spacial score (nSPS) is 14.2. The van der Waals surface area contributed by atoms with Gasteiger partial charge in [0.25, 0.3) is 0 Å². The van der Waals surface area contributed by atoms with Crippen LogP contribution in [0.4, 0.5) is 26.3 Å². The van der Waals surface area contributed by atoms with Crippen LogP contribution in [0.1, 0.15) is 17.2 Å². The van der Waals surface area contributed by atoms with Gasteiger partial charge in [0.05, 0.1) is 0 Å². The molecule has 39 heavy (non-hydrogen) atoms. The second kappa shape index (κ2) is 11.8. The summed E-state index contributed by atoms with van der Waals surface area (Å²) in [5.74, 6) is -1.32. The van der Waals surface area contributed by atoms with Gasteiger partial charge in [-0.05, 0) is 0 Å². The van der Waals surface area contributed by atoms with Gasteiger partial charge in [-0.1, -0.05) is 11.6 Å². The monoisotopic (exact) mass is 639 g/mol. The standard InChI is InChI=1S/C22H17AsClF6N5O4/c23-18(33-39)17(12-2-1-3-13(8-12)21(25,26)27)31-16(37)10-35-20(38)34(9-15(36)22(28,29)30)19(32-35)11-4-6-14(24)7-5-11/h1-8,15,17,36,39H,9-10H2,(H,31,37)/t15-,17?/m0/s1. The Labute approximate surface area is 229 Å². The quantitative estimate of drug-likeness (QED) is 0.115. The fourth-order valence-electron chi connectivity index (χ4n) is 3.39. The molecule has 0 aliphatic rings. The van der Waals surface area contributed by atoms with Crippen LogP contribution in [0.25, 0.3) is 11.4 Å². The van der Waals surface area contributed by atoms with Gasteiger partial charge in [0.2, 0.25) is 0 Å². The van der Waals surface area contributed by atoms with Crippen molar-refractivity contribution in [3.8, 4) is 11.4 Å². The number of aliphatic hydroxyl groups is 1. The van der Waals surface area contributed by atoms with E-state index in [-0.39, 0.29) is 26.5 Å². The van der Waals surface area contributed by atoms with Gasteiger partial charge in [-0.25, -0.2) is 0 Å². The van der Waals surface area contributed by atoms with Crippen LogP contribution in [0, 0.1) is 0 Å². The molecule has 2 radical (unpaired) electrons. The van der Waals surface area contributed by atoms with E-state index in [4.69, 9.17) is 11.6 Å². The number of hydrogen-bond donors (Lipinski definition) is 3. The number of rotatable bonds is 8. The summed E-state index contributed by atoms with van der Waals surface area (Å²) in [5.41, 5.74) is -2.19. The molecule has 0 saturated carbocycles. The number of oxime groups is 1. The van der Waals surface area contributed by atoms with Crippen LogP contribution in [0.3, 0.4) is 0 Å². The topological polar surface area (TPSA) is 122 Å². The van der Waals surface area contributed by atoms with Crippen molar-refractivity contribution in [3.05, 3.63) is 75.2 Å². The molecule has 0 spiro atoms.